The lowest BCUT2D eigenvalue weighted by molar-refractivity contribution is -0.149. The van der Waals surface area contributed by atoms with E-state index in [-0.39, 0.29) is 23.9 Å². The van der Waals surface area contributed by atoms with E-state index < -0.39 is 23.5 Å². The molecule has 0 radical (unpaired) electrons. The standard InChI is InChI=1S/C14H15F2NO3/c1-17(10-5-9(6-10)14(19)20)12(18)7-8-3-2-4-11(15)13(8)16/h2-4,9-10H,5-7H2,1H3,(H,19,20). The lowest BCUT2D eigenvalue weighted by atomic mass is 9.79. The molecule has 0 aromatic heterocycles. The van der Waals surface area contributed by atoms with Crippen LogP contribution in [0.4, 0.5) is 8.78 Å². The molecule has 108 valence electrons. The number of carbonyl (C=O) groups excluding carboxylic acids is 1. The summed E-state index contributed by atoms with van der Waals surface area (Å²) in [5, 5.41) is 8.78. The lowest BCUT2D eigenvalue weighted by Gasteiger charge is -2.39. The number of halogens is 2. The number of carboxylic acid groups (broad SMARTS) is 1. The van der Waals surface area contributed by atoms with E-state index in [0.29, 0.717) is 12.8 Å². The number of benzene rings is 1. The third-order valence-corrected chi connectivity index (χ3v) is 3.78. The van der Waals surface area contributed by atoms with Crippen molar-refractivity contribution < 1.29 is 23.5 Å². The van der Waals surface area contributed by atoms with Crippen LogP contribution in [0.1, 0.15) is 18.4 Å². The maximum atomic E-state index is 13.5. The summed E-state index contributed by atoms with van der Waals surface area (Å²) >= 11 is 0. The van der Waals surface area contributed by atoms with E-state index in [9.17, 15) is 18.4 Å². The summed E-state index contributed by atoms with van der Waals surface area (Å²) in [7, 11) is 1.56. The van der Waals surface area contributed by atoms with Crippen molar-refractivity contribution >= 4 is 11.9 Å². The van der Waals surface area contributed by atoms with E-state index in [1.54, 1.807) is 7.05 Å². The number of carbonyl (C=O) groups is 2. The Bertz CT molecular complexity index is 541. The summed E-state index contributed by atoms with van der Waals surface area (Å²) in [4.78, 5) is 24.1. The van der Waals surface area contributed by atoms with Gasteiger partial charge in [-0.05, 0) is 18.9 Å². The Kier molecular flexibility index (Phi) is 4.01. The van der Waals surface area contributed by atoms with Crippen LogP contribution in [0.5, 0.6) is 0 Å². The normalized spacial score (nSPS) is 21.1. The van der Waals surface area contributed by atoms with Gasteiger partial charge in [-0.1, -0.05) is 12.1 Å². The van der Waals surface area contributed by atoms with E-state index in [4.69, 9.17) is 5.11 Å². The van der Waals surface area contributed by atoms with E-state index in [1.807, 2.05) is 0 Å². The first-order valence-corrected chi connectivity index (χ1v) is 6.31. The zero-order valence-corrected chi connectivity index (χ0v) is 11.0. The van der Waals surface area contributed by atoms with Gasteiger partial charge in [-0.25, -0.2) is 8.78 Å². The predicted octanol–water partition coefficient (Wildman–Crippen LogP) is 1.83. The van der Waals surface area contributed by atoms with Gasteiger partial charge in [-0.3, -0.25) is 9.59 Å². The summed E-state index contributed by atoms with van der Waals surface area (Å²) in [6.45, 7) is 0. The minimum atomic E-state index is -1.01. The molecule has 1 aliphatic rings. The van der Waals surface area contributed by atoms with Gasteiger partial charge in [0.2, 0.25) is 5.91 Å². The molecule has 1 aromatic rings. The number of amides is 1. The van der Waals surface area contributed by atoms with Crippen LogP contribution in [-0.4, -0.2) is 35.0 Å². The molecular formula is C14H15F2NO3. The van der Waals surface area contributed by atoms with Crippen LogP contribution in [-0.2, 0) is 16.0 Å². The molecule has 1 saturated carbocycles. The molecule has 1 aliphatic carbocycles. The molecule has 1 aromatic carbocycles. The van der Waals surface area contributed by atoms with E-state index in [1.165, 1.54) is 17.0 Å². The molecule has 0 saturated heterocycles. The number of nitrogens with zero attached hydrogens (tertiary/aromatic N) is 1. The highest BCUT2D eigenvalue weighted by molar-refractivity contribution is 5.79. The Morgan fingerprint density at radius 3 is 2.60 bits per heavy atom. The molecule has 2 rings (SSSR count). The molecule has 0 unspecified atom stereocenters. The van der Waals surface area contributed by atoms with Gasteiger partial charge < -0.3 is 10.0 Å². The second kappa shape index (κ2) is 5.56. The Morgan fingerprint density at radius 1 is 1.35 bits per heavy atom. The van der Waals surface area contributed by atoms with Crippen LogP contribution in [0.25, 0.3) is 0 Å². The first kappa shape index (κ1) is 14.4. The highest BCUT2D eigenvalue weighted by Gasteiger charge is 2.38. The van der Waals surface area contributed by atoms with Crippen molar-refractivity contribution in [3.63, 3.8) is 0 Å². The van der Waals surface area contributed by atoms with Crippen LogP contribution in [0.2, 0.25) is 0 Å². The van der Waals surface area contributed by atoms with Gasteiger partial charge in [0.1, 0.15) is 0 Å². The van der Waals surface area contributed by atoms with E-state index >= 15 is 0 Å². The molecule has 0 spiro atoms. The monoisotopic (exact) mass is 283 g/mol. The second-order valence-corrected chi connectivity index (χ2v) is 5.05. The lowest BCUT2D eigenvalue weighted by Crippen LogP contribution is -2.48. The Hall–Kier alpha value is -1.98. The van der Waals surface area contributed by atoms with Gasteiger partial charge in [-0.2, -0.15) is 0 Å². The van der Waals surface area contributed by atoms with Crippen molar-refractivity contribution in [3.05, 3.63) is 35.4 Å². The topological polar surface area (TPSA) is 57.6 Å². The van der Waals surface area contributed by atoms with Gasteiger partial charge >= 0.3 is 5.97 Å². The van der Waals surface area contributed by atoms with E-state index in [0.717, 1.165) is 6.07 Å². The average Bonchev–Trinajstić information content (AvgIpc) is 2.32. The molecule has 0 aliphatic heterocycles. The van der Waals surface area contributed by atoms with Crippen molar-refractivity contribution in [2.75, 3.05) is 7.05 Å². The molecule has 1 amide bonds. The van der Waals surface area contributed by atoms with Crippen LogP contribution >= 0.6 is 0 Å². The number of likely N-dealkylation sites (N-methyl/N-ethyl adjacent to an activating group) is 1. The highest BCUT2D eigenvalue weighted by Crippen LogP contribution is 2.31. The number of hydrogen-bond acceptors (Lipinski definition) is 2. The van der Waals surface area contributed by atoms with Crippen LogP contribution in [0.15, 0.2) is 18.2 Å². The van der Waals surface area contributed by atoms with Gasteiger partial charge in [0.05, 0.1) is 12.3 Å². The molecule has 6 heteroatoms. The second-order valence-electron chi connectivity index (χ2n) is 5.05. The molecule has 1 fully saturated rings. The summed E-state index contributed by atoms with van der Waals surface area (Å²) in [6, 6.07) is 3.58. The Morgan fingerprint density at radius 2 is 2.00 bits per heavy atom. The molecule has 0 atom stereocenters. The van der Waals surface area contributed by atoms with Crippen molar-refractivity contribution in [2.45, 2.75) is 25.3 Å². The van der Waals surface area contributed by atoms with Gasteiger partial charge in [-0.15, -0.1) is 0 Å². The Labute approximate surface area is 115 Å². The van der Waals surface area contributed by atoms with Crippen molar-refractivity contribution in [2.24, 2.45) is 5.92 Å². The van der Waals surface area contributed by atoms with Crippen molar-refractivity contribution in [1.29, 1.82) is 0 Å². The zero-order chi connectivity index (χ0) is 14.9. The fourth-order valence-corrected chi connectivity index (χ4v) is 2.28. The van der Waals surface area contributed by atoms with Gasteiger partial charge in [0.15, 0.2) is 11.6 Å². The van der Waals surface area contributed by atoms with E-state index in [2.05, 4.69) is 0 Å². The minimum absolute atomic E-state index is 0.0101. The summed E-state index contributed by atoms with van der Waals surface area (Å²) in [5.41, 5.74) is 0.0101. The molecule has 20 heavy (non-hydrogen) atoms. The van der Waals surface area contributed by atoms with Crippen molar-refractivity contribution in [1.82, 2.24) is 4.90 Å². The summed E-state index contributed by atoms with van der Waals surface area (Å²) in [6.07, 6.45) is 0.584. The maximum absolute atomic E-state index is 13.5. The quantitative estimate of drug-likeness (QED) is 0.917. The molecule has 4 nitrogen and oxygen atoms in total. The smallest absolute Gasteiger partial charge is 0.306 e. The fraction of sp³-hybridized carbons (Fsp3) is 0.429. The third-order valence-electron chi connectivity index (χ3n) is 3.78. The molecular weight excluding hydrogens is 268 g/mol. The largest absolute Gasteiger partial charge is 0.481 e. The maximum Gasteiger partial charge on any atom is 0.306 e. The van der Waals surface area contributed by atoms with Gasteiger partial charge in [0.25, 0.3) is 0 Å². The Balaban J connectivity index is 1.95. The third kappa shape index (κ3) is 2.79. The first-order chi connectivity index (χ1) is 9.40. The number of hydrogen-bond donors (Lipinski definition) is 1. The predicted molar refractivity (Wildman–Crippen MR) is 67.0 cm³/mol. The van der Waals surface area contributed by atoms with Crippen LogP contribution < -0.4 is 0 Å². The zero-order valence-electron chi connectivity index (χ0n) is 11.0. The molecule has 0 bridgehead atoms. The summed E-state index contributed by atoms with van der Waals surface area (Å²) < 4.78 is 26.5. The molecule has 1 N–H and O–H groups in total. The fourth-order valence-electron chi connectivity index (χ4n) is 2.28. The van der Waals surface area contributed by atoms with Crippen molar-refractivity contribution in [3.8, 4) is 0 Å². The summed E-state index contributed by atoms with van der Waals surface area (Å²) in [5.74, 6) is -3.61. The minimum Gasteiger partial charge on any atom is -0.481 e. The average molecular weight is 283 g/mol. The number of carboxylic acids is 1. The highest BCUT2D eigenvalue weighted by atomic mass is 19.2. The first-order valence-electron chi connectivity index (χ1n) is 6.31. The molecule has 0 heterocycles. The van der Waals surface area contributed by atoms with Crippen LogP contribution in [0, 0.1) is 17.6 Å². The number of rotatable bonds is 4. The SMILES string of the molecule is CN(C(=O)Cc1cccc(F)c1F)C1CC(C(=O)O)C1. The van der Waals surface area contributed by atoms with Crippen LogP contribution in [0.3, 0.4) is 0 Å². The number of aliphatic carboxylic acids is 1. The van der Waals surface area contributed by atoms with Gasteiger partial charge in [0, 0.05) is 18.7 Å².